The van der Waals surface area contributed by atoms with Crippen LogP contribution in [-0.2, 0) is 15.1 Å². The minimum atomic E-state index is -1.50. The summed E-state index contributed by atoms with van der Waals surface area (Å²) in [6.45, 7) is 9.83. The molecule has 2 aliphatic rings. The number of nitrogens with zero attached hydrogens (tertiary/aromatic N) is 1. The summed E-state index contributed by atoms with van der Waals surface area (Å²) in [6, 6.07) is 9.33. The summed E-state index contributed by atoms with van der Waals surface area (Å²) in [5.74, 6) is -0.496. The predicted octanol–water partition coefficient (Wildman–Crippen LogP) is 4.51. The van der Waals surface area contributed by atoms with Crippen molar-refractivity contribution in [1.29, 1.82) is 0 Å². The van der Waals surface area contributed by atoms with Crippen molar-refractivity contribution in [2.75, 3.05) is 27.2 Å². The van der Waals surface area contributed by atoms with Crippen LogP contribution in [-0.4, -0.2) is 48.8 Å². The van der Waals surface area contributed by atoms with Crippen molar-refractivity contribution >= 4 is 5.97 Å². The Hall–Kier alpha value is -1.39. The van der Waals surface area contributed by atoms with Crippen LogP contribution in [0.15, 0.2) is 30.3 Å². The second-order valence-electron chi connectivity index (χ2n) is 7.77. The Morgan fingerprint density at radius 1 is 1.04 bits per heavy atom. The van der Waals surface area contributed by atoms with Gasteiger partial charge in [0, 0.05) is 12.3 Å². The highest BCUT2D eigenvalue weighted by atomic mass is 16.6. The average molecular weight is 379 g/mol. The van der Waals surface area contributed by atoms with Gasteiger partial charge in [-0.05, 0) is 18.4 Å². The summed E-state index contributed by atoms with van der Waals surface area (Å²) in [6.07, 6.45) is 4.68. The van der Waals surface area contributed by atoms with E-state index in [1.165, 1.54) is 0 Å². The van der Waals surface area contributed by atoms with Crippen LogP contribution in [0.1, 0.15) is 65.4 Å². The van der Waals surface area contributed by atoms with Crippen molar-refractivity contribution < 1.29 is 19.1 Å². The number of rotatable bonds is 4. The topological polar surface area (TPSA) is 46.5 Å². The lowest BCUT2D eigenvalue weighted by Gasteiger charge is -2.33. The molecule has 2 fully saturated rings. The number of carbonyl (C=O) groups excluding carboxylic acids is 1. The Morgan fingerprint density at radius 2 is 1.59 bits per heavy atom. The number of benzene rings is 1. The minimum absolute atomic E-state index is 0.0405. The molecule has 1 heterocycles. The third-order valence-corrected chi connectivity index (χ3v) is 5.50. The monoisotopic (exact) mass is 378 g/mol. The van der Waals surface area contributed by atoms with E-state index < -0.39 is 11.6 Å². The molecule has 1 aliphatic heterocycles. The molecule has 0 bridgehead atoms. The Bertz CT molecular complexity index is 552. The van der Waals surface area contributed by atoms with E-state index in [4.69, 9.17) is 4.74 Å². The van der Waals surface area contributed by atoms with Gasteiger partial charge in [0.25, 0.3) is 0 Å². The van der Waals surface area contributed by atoms with E-state index in [1.807, 2.05) is 58.0 Å². The number of hydrogen-bond acceptors (Lipinski definition) is 3. The molecule has 3 rings (SSSR count). The van der Waals surface area contributed by atoms with E-state index in [0.717, 1.165) is 49.7 Å². The zero-order chi connectivity index (χ0) is 20.5. The maximum Gasteiger partial charge on any atom is 0.343 e. The molecule has 0 amide bonds. The Labute approximate surface area is 166 Å². The third-order valence-electron chi connectivity index (χ3n) is 5.50. The fraction of sp³-hybridized carbons (Fsp3) is 0.696. The normalized spacial score (nSPS) is 23.3. The van der Waals surface area contributed by atoms with Crippen molar-refractivity contribution in [2.24, 2.45) is 5.92 Å². The van der Waals surface area contributed by atoms with Crippen molar-refractivity contribution in [1.82, 2.24) is 0 Å². The molecular formula is C23H40NO3+. The van der Waals surface area contributed by atoms with E-state index in [2.05, 4.69) is 14.1 Å². The Balaban J connectivity index is 0.000000855. The SMILES string of the molecule is CC.CC.C[N+]1(C)CCC(OC(=O)C(O)(c2ccccc2)C2CCCC2)C1. The van der Waals surface area contributed by atoms with Gasteiger partial charge in [0.2, 0.25) is 0 Å². The Kier molecular flexibility index (Phi) is 9.48. The lowest BCUT2D eigenvalue weighted by molar-refractivity contribution is -0.879. The third kappa shape index (κ3) is 5.79. The molecule has 2 atom stereocenters. The molecule has 0 radical (unpaired) electrons. The number of hydrogen-bond donors (Lipinski definition) is 1. The quantitative estimate of drug-likeness (QED) is 0.619. The smallest absolute Gasteiger partial charge is 0.343 e. The standard InChI is InChI=1S/C19H28NO3.2C2H6/c1-20(2)13-12-17(14-20)23-18(21)19(22,16-10-6-7-11-16)15-8-4-3-5-9-15;2*1-2/h3-5,8-9,16-17,22H,6-7,10-14H2,1-2H3;2*1-2H3/q+1;;. The highest BCUT2D eigenvalue weighted by Gasteiger charge is 2.49. The first kappa shape index (κ1) is 23.6. The number of aliphatic hydroxyl groups is 1. The van der Waals surface area contributed by atoms with Crippen molar-refractivity contribution in [3.8, 4) is 0 Å². The fourth-order valence-corrected chi connectivity index (χ4v) is 4.12. The molecule has 1 N–H and O–H groups in total. The average Bonchev–Trinajstić information content (AvgIpc) is 3.35. The number of likely N-dealkylation sites (N-methyl/N-ethyl adjacent to an activating group) is 1. The summed E-state index contributed by atoms with van der Waals surface area (Å²) in [4.78, 5) is 12.9. The number of esters is 1. The molecule has 1 saturated heterocycles. The van der Waals surface area contributed by atoms with Crippen LogP contribution < -0.4 is 0 Å². The van der Waals surface area contributed by atoms with Crippen LogP contribution in [0.2, 0.25) is 0 Å². The number of likely N-dealkylation sites (tertiary alicyclic amines) is 1. The van der Waals surface area contributed by atoms with Crippen LogP contribution in [0.4, 0.5) is 0 Å². The summed E-state index contributed by atoms with van der Waals surface area (Å²) in [5.41, 5.74) is -0.832. The molecule has 0 spiro atoms. The molecule has 2 unspecified atom stereocenters. The lowest BCUT2D eigenvalue weighted by atomic mass is 9.80. The summed E-state index contributed by atoms with van der Waals surface area (Å²) in [7, 11) is 4.29. The number of quaternary nitrogens is 1. The molecule has 4 heteroatoms. The number of carbonyl (C=O) groups is 1. The van der Waals surface area contributed by atoms with Gasteiger partial charge in [0.1, 0.15) is 6.54 Å². The molecule has 154 valence electrons. The molecular weight excluding hydrogens is 338 g/mol. The van der Waals surface area contributed by atoms with Gasteiger partial charge < -0.3 is 14.3 Å². The predicted molar refractivity (Wildman–Crippen MR) is 111 cm³/mol. The maximum atomic E-state index is 12.9. The molecule has 0 aromatic heterocycles. The van der Waals surface area contributed by atoms with Gasteiger partial charge in [-0.25, -0.2) is 4.79 Å². The van der Waals surface area contributed by atoms with E-state index in [1.54, 1.807) is 0 Å². The van der Waals surface area contributed by atoms with Gasteiger partial charge in [-0.3, -0.25) is 0 Å². The molecule has 1 aliphatic carbocycles. The van der Waals surface area contributed by atoms with Crippen molar-refractivity contribution in [3.05, 3.63) is 35.9 Å². The van der Waals surface area contributed by atoms with Gasteiger partial charge in [-0.1, -0.05) is 70.9 Å². The highest BCUT2D eigenvalue weighted by molar-refractivity contribution is 5.81. The van der Waals surface area contributed by atoms with E-state index >= 15 is 0 Å². The van der Waals surface area contributed by atoms with Gasteiger partial charge in [0.15, 0.2) is 11.7 Å². The van der Waals surface area contributed by atoms with Crippen molar-refractivity contribution in [2.45, 2.75) is 71.5 Å². The second kappa shape index (κ2) is 10.8. The van der Waals surface area contributed by atoms with Gasteiger partial charge >= 0.3 is 5.97 Å². The first-order chi connectivity index (χ1) is 12.9. The van der Waals surface area contributed by atoms with Gasteiger partial charge in [0.05, 0.1) is 20.6 Å². The summed E-state index contributed by atoms with van der Waals surface area (Å²) in [5, 5.41) is 11.4. The zero-order valence-corrected chi connectivity index (χ0v) is 18.2. The first-order valence-corrected chi connectivity index (χ1v) is 10.7. The molecule has 4 nitrogen and oxygen atoms in total. The zero-order valence-electron chi connectivity index (χ0n) is 18.2. The van der Waals surface area contributed by atoms with Crippen LogP contribution in [0, 0.1) is 5.92 Å². The Morgan fingerprint density at radius 3 is 2.07 bits per heavy atom. The van der Waals surface area contributed by atoms with Gasteiger partial charge in [-0.15, -0.1) is 0 Å². The van der Waals surface area contributed by atoms with Crippen LogP contribution in [0.3, 0.4) is 0 Å². The van der Waals surface area contributed by atoms with E-state index in [-0.39, 0.29) is 12.0 Å². The summed E-state index contributed by atoms with van der Waals surface area (Å²) < 4.78 is 6.64. The second-order valence-corrected chi connectivity index (χ2v) is 7.77. The van der Waals surface area contributed by atoms with Crippen LogP contribution in [0.25, 0.3) is 0 Å². The highest BCUT2D eigenvalue weighted by Crippen LogP contribution is 2.42. The number of ether oxygens (including phenoxy) is 1. The van der Waals surface area contributed by atoms with Crippen molar-refractivity contribution in [3.63, 3.8) is 0 Å². The van der Waals surface area contributed by atoms with Crippen LogP contribution >= 0.6 is 0 Å². The molecule has 1 saturated carbocycles. The molecule has 1 aromatic carbocycles. The molecule has 27 heavy (non-hydrogen) atoms. The summed E-state index contributed by atoms with van der Waals surface area (Å²) >= 11 is 0. The molecule has 1 aromatic rings. The largest absolute Gasteiger partial charge is 0.454 e. The maximum absolute atomic E-state index is 12.9. The lowest BCUT2D eigenvalue weighted by Crippen LogP contribution is -2.46. The fourth-order valence-electron chi connectivity index (χ4n) is 4.12. The first-order valence-electron chi connectivity index (χ1n) is 10.7. The van der Waals surface area contributed by atoms with Crippen LogP contribution in [0.5, 0.6) is 0 Å². The van der Waals surface area contributed by atoms with E-state index in [0.29, 0.717) is 5.56 Å². The van der Waals surface area contributed by atoms with Gasteiger partial charge in [-0.2, -0.15) is 0 Å². The minimum Gasteiger partial charge on any atom is -0.454 e. The van der Waals surface area contributed by atoms with E-state index in [9.17, 15) is 9.90 Å².